The fourth-order valence-corrected chi connectivity index (χ4v) is 2.17. The van der Waals surface area contributed by atoms with E-state index in [-0.39, 0.29) is 6.10 Å². The van der Waals surface area contributed by atoms with Crippen molar-refractivity contribution >= 4 is 17.3 Å². The molecule has 0 aliphatic carbocycles. The fraction of sp³-hybridized carbons (Fsp3) is 0.294. The van der Waals surface area contributed by atoms with E-state index in [0.717, 1.165) is 23.0 Å². The smallest absolute Gasteiger partial charge is 0.120 e. The van der Waals surface area contributed by atoms with E-state index in [2.05, 4.69) is 32.2 Å². The quantitative estimate of drug-likeness (QED) is 0.851. The molecule has 1 atom stereocenters. The molecule has 0 radical (unpaired) electrons. The molecule has 0 saturated heterocycles. The van der Waals surface area contributed by atoms with Crippen molar-refractivity contribution in [1.29, 1.82) is 0 Å². The molecule has 0 spiro atoms. The number of rotatable bonds is 5. The molecule has 0 fully saturated rings. The van der Waals surface area contributed by atoms with Crippen molar-refractivity contribution in [3.8, 4) is 5.75 Å². The lowest BCUT2D eigenvalue weighted by Crippen LogP contribution is -2.23. The van der Waals surface area contributed by atoms with Crippen LogP contribution in [0.3, 0.4) is 0 Å². The minimum absolute atomic E-state index is 0.0789. The Morgan fingerprint density at radius 1 is 1.15 bits per heavy atom. The van der Waals surface area contributed by atoms with Crippen LogP contribution in [0.4, 0.5) is 5.69 Å². The van der Waals surface area contributed by atoms with Gasteiger partial charge in [0, 0.05) is 10.7 Å². The predicted molar refractivity (Wildman–Crippen MR) is 85.9 cm³/mol. The first kappa shape index (κ1) is 14.7. The largest absolute Gasteiger partial charge is 0.489 e. The standard InChI is InChI=1S/C17H20ClNO/c1-12-5-4-6-16(9-12)20-14(3)11-19-17-10-15(18)8-7-13(17)2/h4-10,14,19H,11H2,1-3H3. The zero-order valence-electron chi connectivity index (χ0n) is 12.1. The van der Waals surface area contributed by atoms with Gasteiger partial charge in [-0.2, -0.15) is 0 Å². The molecule has 0 aliphatic heterocycles. The molecule has 0 bridgehead atoms. The van der Waals surface area contributed by atoms with E-state index in [9.17, 15) is 0 Å². The topological polar surface area (TPSA) is 21.3 Å². The summed E-state index contributed by atoms with van der Waals surface area (Å²) in [5.41, 5.74) is 3.43. The van der Waals surface area contributed by atoms with Crippen LogP contribution in [0.1, 0.15) is 18.1 Å². The summed E-state index contributed by atoms with van der Waals surface area (Å²) in [7, 11) is 0. The molecule has 3 heteroatoms. The maximum absolute atomic E-state index is 6.01. The molecule has 0 saturated carbocycles. The Labute approximate surface area is 125 Å². The van der Waals surface area contributed by atoms with E-state index < -0.39 is 0 Å². The number of benzene rings is 2. The van der Waals surface area contributed by atoms with E-state index in [4.69, 9.17) is 16.3 Å². The van der Waals surface area contributed by atoms with Crippen molar-refractivity contribution in [3.05, 3.63) is 58.6 Å². The van der Waals surface area contributed by atoms with Crippen LogP contribution in [0.2, 0.25) is 5.02 Å². The molecule has 1 unspecified atom stereocenters. The second kappa shape index (κ2) is 6.67. The third-order valence-electron chi connectivity index (χ3n) is 3.11. The van der Waals surface area contributed by atoms with Gasteiger partial charge >= 0.3 is 0 Å². The number of ether oxygens (including phenoxy) is 1. The Bertz CT molecular complexity index is 583. The molecular formula is C17H20ClNO. The van der Waals surface area contributed by atoms with E-state index in [1.807, 2.05) is 36.4 Å². The van der Waals surface area contributed by atoms with Crippen molar-refractivity contribution < 1.29 is 4.74 Å². The highest BCUT2D eigenvalue weighted by atomic mass is 35.5. The second-order valence-corrected chi connectivity index (χ2v) is 5.52. The van der Waals surface area contributed by atoms with Crippen LogP contribution in [0.15, 0.2) is 42.5 Å². The number of hydrogen-bond acceptors (Lipinski definition) is 2. The third kappa shape index (κ3) is 4.17. The predicted octanol–water partition coefficient (Wildman–Crippen LogP) is 4.84. The number of nitrogens with one attached hydrogen (secondary N) is 1. The first-order chi connectivity index (χ1) is 9.54. The first-order valence-corrected chi connectivity index (χ1v) is 7.16. The SMILES string of the molecule is Cc1cccc(OC(C)CNc2cc(Cl)ccc2C)c1. The summed E-state index contributed by atoms with van der Waals surface area (Å²) >= 11 is 6.01. The van der Waals surface area contributed by atoms with Crippen LogP contribution in [0.25, 0.3) is 0 Å². The molecule has 2 aromatic rings. The second-order valence-electron chi connectivity index (χ2n) is 5.09. The zero-order valence-corrected chi connectivity index (χ0v) is 12.9. The summed E-state index contributed by atoms with van der Waals surface area (Å²) < 4.78 is 5.89. The van der Waals surface area contributed by atoms with Crippen LogP contribution in [0.5, 0.6) is 5.75 Å². The lowest BCUT2D eigenvalue weighted by atomic mass is 10.2. The number of aryl methyl sites for hydroxylation is 2. The van der Waals surface area contributed by atoms with Crippen molar-refractivity contribution in [2.24, 2.45) is 0 Å². The lowest BCUT2D eigenvalue weighted by molar-refractivity contribution is 0.234. The monoisotopic (exact) mass is 289 g/mol. The minimum atomic E-state index is 0.0789. The van der Waals surface area contributed by atoms with Crippen molar-refractivity contribution in [2.45, 2.75) is 26.9 Å². The minimum Gasteiger partial charge on any atom is -0.489 e. The molecule has 20 heavy (non-hydrogen) atoms. The molecule has 2 aromatic carbocycles. The van der Waals surface area contributed by atoms with Gasteiger partial charge in [-0.15, -0.1) is 0 Å². The first-order valence-electron chi connectivity index (χ1n) is 6.78. The van der Waals surface area contributed by atoms with E-state index in [1.54, 1.807) is 0 Å². The van der Waals surface area contributed by atoms with Crippen LogP contribution >= 0.6 is 11.6 Å². The van der Waals surface area contributed by atoms with Gasteiger partial charge in [0.15, 0.2) is 0 Å². The molecular weight excluding hydrogens is 270 g/mol. The molecule has 0 aliphatic rings. The van der Waals surface area contributed by atoms with Crippen LogP contribution in [0, 0.1) is 13.8 Å². The molecule has 0 amide bonds. The van der Waals surface area contributed by atoms with Gasteiger partial charge in [0.25, 0.3) is 0 Å². The Hall–Kier alpha value is -1.67. The number of halogens is 1. The summed E-state index contributed by atoms with van der Waals surface area (Å²) in [5.74, 6) is 0.905. The summed E-state index contributed by atoms with van der Waals surface area (Å²) in [6.07, 6.45) is 0.0789. The molecule has 1 N–H and O–H groups in total. The molecule has 2 rings (SSSR count). The Morgan fingerprint density at radius 2 is 1.95 bits per heavy atom. The van der Waals surface area contributed by atoms with Gasteiger partial charge in [-0.3, -0.25) is 0 Å². The number of hydrogen-bond donors (Lipinski definition) is 1. The van der Waals surface area contributed by atoms with Gasteiger partial charge in [-0.05, 0) is 56.2 Å². The highest BCUT2D eigenvalue weighted by Crippen LogP contribution is 2.20. The van der Waals surface area contributed by atoms with Gasteiger partial charge in [0.2, 0.25) is 0 Å². The van der Waals surface area contributed by atoms with Gasteiger partial charge in [0.05, 0.1) is 6.54 Å². The summed E-state index contributed by atoms with van der Waals surface area (Å²) in [6.45, 7) is 6.90. The van der Waals surface area contributed by atoms with Crippen molar-refractivity contribution in [3.63, 3.8) is 0 Å². The van der Waals surface area contributed by atoms with Gasteiger partial charge < -0.3 is 10.1 Å². The van der Waals surface area contributed by atoms with Gasteiger partial charge in [-0.1, -0.05) is 29.8 Å². The fourth-order valence-electron chi connectivity index (χ4n) is 2.00. The zero-order chi connectivity index (χ0) is 14.5. The summed E-state index contributed by atoms with van der Waals surface area (Å²) in [6, 6.07) is 13.9. The highest BCUT2D eigenvalue weighted by molar-refractivity contribution is 6.30. The molecule has 106 valence electrons. The van der Waals surface area contributed by atoms with E-state index in [1.165, 1.54) is 11.1 Å². The maximum atomic E-state index is 6.01. The normalized spacial score (nSPS) is 12.0. The van der Waals surface area contributed by atoms with Crippen molar-refractivity contribution in [1.82, 2.24) is 0 Å². The van der Waals surface area contributed by atoms with Crippen LogP contribution < -0.4 is 10.1 Å². The molecule has 0 heterocycles. The van der Waals surface area contributed by atoms with E-state index >= 15 is 0 Å². The Kier molecular flexibility index (Phi) is 4.91. The summed E-state index contributed by atoms with van der Waals surface area (Å²) in [4.78, 5) is 0. The average molecular weight is 290 g/mol. The van der Waals surface area contributed by atoms with E-state index in [0.29, 0.717) is 0 Å². The lowest BCUT2D eigenvalue weighted by Gasteiger charge is -2.17. The number of anilines is 1. The molecule has 2 nitrogen and oxygen atoms in total. The Balaban J connectivity index is 1.92. The van der Waals surface area contributed by atoms with Crippen molar-refractivity contribution in [2.75, 3.05) is 11.9 Å². The molecule has 0 aromatic heterocycles. The maximum Gasteiger partial charge on any atom is 0.120 e. The summed E-state index contributed by atoms with van der Waals surface area (Å²) in [5, 5.41) is 4.12. The highest BCUT2D eigenvalue weighted by Gasteiger charge is 2.06. The third-order valence-corrected chi connectivity index (χ3v) is 3.34. The van der Waals surface area contributed by atoms with Crippen LogP contribution in [-0.4, -0.2) is 12.6 Å². The Morgan fingerprint density at radius 3 is 2.70 bits per heavy atom. The average Bonchev–Trinajstić information content (AvgIpc) is 2.40. The van der Waals surface area contributed by atoms with Gasteiger partial charge in [-0.25, -0.2) is 0 Å². The van der Waals surface area contributed by atoms with Crippen LogP contribution in [-0.2, 0) is 0 Å². The van der Waals surface area contributed by atoms with Gasteiger partial charge in [0.1, 0.15) is 11.9 Å².